The Morgan fingerprint density at radius 1 is 1.60 bits per heavy atom. The van der Waals surface area contributed by atoms with Crippen molar-refractivity contribution in [3.05, 3.63) is 12.2 Å². The highest BCUT2D eigenvalue weighted by atomic mass is 16.2. The van der Waals surface area contributed by atoms with Gasteiger partial charge in [0.1, 0.15) is 6.33 Å². The molecule has 2 rings (SSSR count). The summed E-state index contributed by atoms with van der Waals surface area (Å²) in [6.07, 6.45) is 2.79. The summed E-state index contributed by atoms with van der Waals surface area (Å²) in [6.45, 7) is 8.11. The molecule has 7 heteroatoms. The molecule has 0 radical (unpaired) electrons. The Balaban J connectivity index is 1.72. The van der Waals surface area contributed by atoms with Gasteiger partial charge >= 0.3 is 6.03 Å². The van der Waals surface area contributed by atoms with Gasteiger partial charge in [-0.05, 0) is 32.4 Å². The number of amides is 2. The van der Waals surface area contributed by atoms with Gasteiger partial charge in [-0.2, -0.15) is 0 Å². The topological polar surface area (TPSA) is 75.1 Å². The number of likely N-dealkylation sites (tertiary alicyclic amines) is 1. The number of nitrogens with one attached hydrogen (secondary N) is 2. The second kappa shape index (κ2) is 6.69. The van der Waals surface area contributed by atoms with Gasteiger partial charge < -0.3 is 20.1 Å². The van der Waals surface area contributed by atoms with Crippen molar-refractivity contribution in [2.45, 2.75) is 26.3 Å². The molecule has 0 unspecified atom stereocenters. The fourth-order valence-corrected chi connectivity index (χ4v) is 2.60. The fraction of sp³-hybridized carbons (Fsp3) is 0.769. The summed E-state index contributed by atoms with van der Waals surface area (Å²) >= 11 is 0. The fourth-order valence-electron chi connectivity index (χ4n) is 2.60. The van der Waals surface area contributed by atoms with Crippen LogP contribution in [0.15, 0.2) is 6.33 Å². The normalized spacial score (nSPS) is 20.9. The van der Waals surface area contributed by atoms with Gasteiger partial charge in [0.05, 0.1) is 6.04 Å². The maximum atomic E-state index is 11.9. The molecule has 2 atom stereocenters. The van der Waals surface area contributed by atoms with Gasteiger partial charge in [-0.1, -0.05) is 6.92 Å². The Morgan fingerprint density at radius 3 is 3.00 bits per heavy atom. The van der Waals surface area contributed by atoms with Crippen LogP contribution in [0.1, 0.15) is 32.1 Å². The van der Waals surface area contributed by atoms with Gasteiger partial charge in [-0.15, -0.1) is 10.2 Å². The van der Waals surface area contributed by atoms with Crippen LogP contribution in [0.25, 0.3) is 0 Å². The molecular formula is C13H24N6O. The maximum absolute atomic E-state index is 11.9. The van der Waals surface area contributed by atoms with E-state index in [1.54, 1.807) is 10.9 Å². The zero-order chi connectivity index (χ0) is 14.5. The van der Waals surface area contributed by atoms with E-state index in [0.29, 0.717) is 5.92 Å². The lowest BCUT2D eigenvalue weighted by Crippen LogP contribution is -2.40. The number of urea groups is 1. The average Bonchev–Trinajstić information content (AvgIpc) is 3.04. The summed E-state index contributed by atoms with van der Waals surface area (Å²) in [5, 5.41) is 13.6. The average molecular weight is 280 g/mol. The Morgan fingerprint density at radius 2 is 2.40 bits per heavy atom. The van der Waals surface area contributed by atoms with Crippen LogP contribution in [0.2, 0.25) is 0 Å². The third-order valence-electron chi connectivity index (χ3n) is 3.85. The van der Waals surface area contributed by atoms with Crippen LogP contribution in [-0.4, -0.2) is 51.9 Å². The van der Waals surface area contributed by atoms with E-state index in [9.17, 15) is 4.79 Å². The molecule has 0 spiro atoms. The van der Waals surface area contributed by atoms with Crippen LogP contribution >= 0.6 is 0 Å². The molecule has 1 aromatic rings. The number of aryl methyl sites for hydroxylation is 1. The Bertz CT molecular complexity index is 446. The predicted molar refractivity (Wildman–Crippen MR) is 76.2 cm³/mol. The SMILES string of the molecule is CCN1CC[C@H](CNC(=O)N[C@H](C)c2nncn2C)C1. The predicted octanol–water partition coefficient (Wildman–Crippen LogP) is 0.517. The second-order valence-electron chi connectivity index (χ2n) is 5.42. The molecule has 0 saturated carbocycles. The first-order valence-electron chi connectivity index (χ1n) is 7.20. The Hall–Kier alpha value is -1.63. The Labute approximate surface area is 119 Å². The minimum Gasteiger partial charge on any atom is -0.338 e. The molecule has 2 amide bonds. The first-order chi connectivity index (χ1) is 9.60. The molecular weight excluding hydrogens is 256 g/mol. The molecule has 1 aliphatic rings. The molecule has 2 N–H and O–H groups in total. The van der Waals surface area contributed by atoms with Crippen LogP contribution in [0.4, 0.5) is 4.79 Å². The molecule has 7 nitrogen and oxygen atoms in total. The van der Waals surface area contributed by atoms with Crippen molar-refractivity contribution in [1.29, 1.82) is 0 Å². The third kappa shape index (κ3) is 3.69. The van der Waals surface area contributed by atoms with Crippen LogP contribution in [0, 0.1) is 5.92 Å². The van der Waals surface area contributed by atoms with Gasteiger partial charge in [-0.3, -0.25) is 0 Å². The monoisotopic (exact) mass is 280 g/mol. The van der Waals surface area contributed by atoms with Gasteiger partial charge in [0.25, 0.3) is 0 Å². The number of nitrogens with zero attached hydrogens (tertiary/aromatic N) is 4. The quantitative estimate of drug-likeness (QED) is 0.824. The van der Waals surface area contributed by atoms with Crippen LogP contribution in [-0.2, 0) is 7.05 Å². The minimum absolute atomic E-state index is 0.143. The third-order valence-corrected chi connectivity index (χ3v) is 3.85. The van der Waals surface area contributed by atoms with Crippen molar-refractivity contribution in [2.24, 2.45) is 13.0 Å². The number of hydrogen-bond donors (Lipinski definition) is 2. The summed E-state index contributed by atoms with van der Waals surface area (Å²) in [5.41, 5.74) is 0. The summed E-state index contributed by atoms with van der Waals surface area (Å²) in [5.74, 6) is 1.31. The molecule has 1 saturated heterocycles. The van der Waals surface area contributed by atoms with E-state index in [4.69, 9.17) is 0 Å². The molecule has 20 heavy (non-hydrogen) atoms. The van der Waals surface area contributed by atoms with E-state index in [1.807, 2.05) is 14.0 Å². The Kier molecular flexibility index (Phi) is 4.94. The first-order valence-corrected chi connectivity index (χ1v) is 7.20. The number of rotatable bonds is 5. The van der Waals surface area contributed by atoms with Crippen molar-refractivity contribution >= 4 is 6.03 Å². The number of carbonyl (C=O) groups is 1. The van der Waals surface area contributed by atoms with Crippen LogP contribution in [0.5, 0.6) is 0 Å². The van der Waals surface area contributed by atoms with Crippen molar-refractivity contribution in [3.63, 3.8) is 0 Å². The highest BCUT2D eigenvalue weighted by Gasteiger charge is 2.22. The largest absolute Gasteiger partial charge is 0.338 e. The second-order valence-corrected chi connectivity index (χ2v) is 5.42. The summed E-state index contributed by atoms with van der Waals surface area (Å²) in [4.78, 5) is 14.3. The van der Waals surface area contributed by atoms with E-state index < -0.39 is 0 Å². The highest BCUT2D eigenvalue weighted by molar-refractivity contribution is 5.74. The molecule has 1 fully saturated rings. The molecule has 0 bridgehead atoms. The zero-order valence-electron chi connectivity index (χ0n) is 12.5. The van der Waals surface area contributed by atoms with E-state index in [-0.39, 0.29) is 12.1 Å². The van der Waals surface area contributed by atoms with Gasteiger partial charge in [0.15, 0.2) is 5.82 Å². The van der Waals surface area contributed by atoms with E-state index in [2.05, 4.69) is 32.7 Å². The molecule has 112 valence electrons. The summed E-state index contributed by atoms with van der Waals surface area (Å²) in [7, 11) is 1.86. The number of hydrogen-bond acceptors (Lipinski definition) is 4. The number of aromatic nitrogens is 3. The molecule has 1 aromatic heterocycles. The van der Waals surface area contributed by atoms with E-state index in [1.165, 1.54) is 0 Å². The first kappa shape index (κ1) is 14.8. The van der Waals surface area contributed by atoms with Crippen molar-refractivity contribution in [1.82, 2.24) is 30.3 Å². The van der Waals surface area contributed by atoms with Gasteiger partial charge in [0, 0.05) is 20.1 Å². The van der Waals surface area contributed by atoms with Crippen molar-refractivity contribution in [3.8, 4) is 0 Å². The zero-order valence-corrected chi connectivity index (χ0v) is 12.5. The van der Waals surface area contributed by atoms with E-state index in [0.717, 1.165) is 38.4 Å². The maximum Gasteiger partial charge on any atom is 0.315 e. The number of carbonyl (C=O) groups excluding carboxylic acids is 1. The standard InChI is InChI=1S/C13H24N6O/c1-4-19-6-5-11(8-19)7-14-13(20)16-10(2)12-17-15-9-18(12)3/h9-11H,4-8H2,1-3H3,(H2,14,16,20)/t10-,11-/m1/s1. The van der Waals surface area contributed by atoms with E-state index >= 15 is 0 Å². The van der Waals surface area contributed by atoms with Gasteiger partial charge in [0.2, 0.25) is 0 Å². The lowest BCUT2D eigenvalue weighted by molar-refractivity contribution is 0.235. The lowest BCUT2D eigenvalue weighted by atomic mass is 10.1. The smallest absolute Gasteiger partial charge is 0.315 e. The molecule has 0 aliphatic carbocycles. The van der Waals surface area contributed by atoms with Crippen LogP contribution < -0.4 is 10.6 Å². The lowest BCUT2D eigenvalue weighted by Gasteiger charge is -2.16. The van der Waals surface area contributed by atoms with Crippen molar-refractivity contribution < 1.29 is 4.79 Å². The highest BCUT2D eigenvalue weighted by Crippen LogP contribution is 2.14. The minimum atomic E-state index is -0.154. The molecule has 2 heterocycles. The van der Waals surface area contributed by atoms with Crippen molar-refractivity contribution in [2.75, 3.05) is 26.2 Å². The van der Waals surface area contributed by atoms with Gasteiger partial charge in [-0.25, -0.2) is 4.79 Å². The molecule has 0 aromatic carbocycles. The summed E-state index contributed by atoms with van der Waals surface area (Å²) in [6, 6.07) is -0.298. The summed E-state index contributed by atoms with van der Waals surface area (Å²) < 4.78 is 1.81. The van der Waals surface area contributed by atoms with Crippen LogP contribution in [0.3, 0.4) is 0 Å². The molecule has 1 aliphatic heterocycles.